The van der Waals surface area contributed by atoms with Crippen molar-refractivity contribution in [3.05, 3.63) is 36.2 Å². The number of aromatic nitrogens is 2. The number of rotatable bonds is 3. The Morgan fingerprint density at radius 1 is 1.43 bits per heavy atom. The van der Waals surface area contributed by atoms with Gasteiger partial charge in [-0.1, -0.05) is 6.07 Å². The van der Waals surface area contributed by atoms with Crippen LogP contribution in [-0.4, -0.2) is 57.3 Å². The first kappa shape index (κ1) is 13.6. The van der Waals surface area contributed by atoms with E-state index in [4.69, 9.17) is 9.84 Å². The molecule has 0 bridgehead atoms. The van der Waals surface area contributed by atoms with Crippen LogP contribution in [0.3, 0.4) is 0 Å². The number of ether oxygens (including phenoxy) is 1. The van der Waals surface area contributed by atoms with Crippen LogP contribution in [0.4, 0.5) is 0 Å². The van der Waals surface area contributed by atoms with Gasteiger partial charge in [0.2, 0.25) is 0 Å². The molecule has 1 aliphatic rings. The molecule has 2 aromatic rings. The summed E-state index contributed by atoms with van der Waals surface area (Å²) in [6, 6.07) is 5.52. The summed E-state index contributed by atoms with van der Waals surface area (Å²) in [6.07, 6.45) is 2.76. The minimum absolute atomic E-state index is 0.0987. The minimum Gasteiger partial charge on any atom is -0.481 e. The predicted molar refractivity (Wildman–Crippen MR) is 73.1 cm³/mol. The summed E-state index contributed by atoms with van der Waals surface area (Å²) >= 11 is 0. The Morgan fingerprint density at radius 2 is 2.29 bits per heavy atom. The Balaban J connectivity index is 1.80. The van der Waals surface area contributed by atoms with Crippen molar-refractivity contribution in [2.75, 3.05) is 19.7 Å². The van der Waals surface area contributed by atoms with Crippen molar-refractivity contribution in [2.45, 2.75) is 12.5 Å². The van der Waals surface area contributed by atoms with Gasteiger partial charge in [0, 0.05) is 19.3 Å². The molecule has 1 saturated heterocycles. The number of carbonyl (C=O) groups is 2. The van der Waals surface area contributed by atoms with Crippen LogP contribution in [0.1, 0.15) is 16.8 Å². The molecule has 1 amide bonds. The second-order valence-corrected chi connectivity index (χ2v) is 4.93. The standard InChI is InChI=1S/C14H15N3O4/c18-13(19)7-10-9-16(5-6-21-10)14(20)11-8-15-17-4-2-1-3-12(11)17/h1-4,8,10H,5-7,9H2,(H,18,19). The number of fused-ring (bicyclic) bond motifs is 1. The Hall–Kier alpha value is -2.41. The van der Waals surface area contributed by atoms with Crippen molar-refractivity contribution in [3.63, 3.8) is 0 Å². The molecule has 0 aliphatic carbocycles. The zero-order valence-electron chi connectivity index (χ0n) is 11.3. The van der Waals surface area contributed by atoms with Gasteiger partial charge < -0.3 is 14.7 Å². The van der Waals surface area contributed by atoms with Gasteiger partial charge >= 0.3 is 5.97 Å². The molecule has 21 heavy (non-hydrogen) atoms. The van der Waals surface area contributed by atoms with Gasteiger partial charge in [-0.2, -0.15) is 5.10 Å². The van der Waals surface area contributed by atoms with E-state index in [-0.39, 0.29) is 18.9 Å². The molecular formula is C14H15N3O4. The number of hydrogen-bond acceptors (Lipinski definition) is 4. The average Bonchev–Trinajstić information content (AvgIpc) is 2.90. The van der Waals surface area contributed by atoms with E-state index in [0.29, 0.717) is 18.7 Å². The molecule has 7 nitrogen and oxygen atoms in total. The van der Waals surface area contributed by atoms with E-state index in [1.54, 1.807) is 21.8 Å². The Labute approximate surface area is 120 Å². The fourth-order valence-electron chi connectivity index (χ4n) is 2.49. The van der Waals surface area contributed by atoms with Crippen molar-refractivity contribution < 1.29 is 19.4 Å². The lowest BCUT2D eigenvalue weighted by atomic mass is 10.1. The van der Waals surface area contributed by atoms with Crippen LogP contribution < -0.4 is 0 Å². The molecule has 2 aromatic heterocycles. The normalized spacial score (nSPS) is 18.9. The lowest BCUT2D eigenvalue weighted by molar-refractivity contribution is -0.141. The van der Waals surface area contributed by atoms with E-state index < -0.39 is 12.1 Å². The van der Waals surface area contributed by atoms with Gasteiger partial charge in [-0.05, 0) is 12.1 Å². The number of amides is 1. The number of carboxylic acids is 1. The summed E-state index contributed by atoms with van der Waals surface area (Å²) in [6.45, 7) is 1.09. The molecule has 1 atom stereocenters. The number of hydrogen-bond donors (Lipinski definition) is 1. The molecule has 0 radical (unpaired) electrons. The van der Waals surface area contributed by atoms with E-state index >= 15 is 0 Å². The highest BCUT2D eigenvalue weighted by molar-refractivity contribution is 6.00. The summed E-state index contributed by atoms with van der Waals surface area (Å²) in [5, 5.41) is 13.0. The number of pyridine rings is 1. The molecule has 0 saturated carbocycles. The van der Waals surface area contributed by atoms with Crippen molar-refractivity contribution in [3.8, 4) is 0 Å². The first-order chi connectivity index (χ1) is 10.1. The zero-order valence-corrected chi connectivity index (χ0v) is 11.3. The van der Waals surface area contributed by atoms with Gasteiger partial charge in [0.05, 0.1) is 36.4 Å². The number of carboxylic acid groups (broad SMARTS) is 1. The number of nitrogens with zero attached hydrogens (tertiary/aromatic N) is 3. The van der Waals surface area contributed by atoms with Gasteiger partial charge in [-0.25, -0.2) is 4.52 Å². The third-order valence-electron chi connectivity index (χ3n) is 3.49. The van der Waals surface area contributed by atoms with Crippen LogP contribution in [0.2, 0.25) is 0 Å². The van der Waals surface area contributed by atoms with Crippen LogP contribution in [0.5, 0.6) is 0 Å². The Morgan fingerprint density at radius 3 is 3.10 bits per heavy atom. The van der Waals surface area contributed by atoms with E-state index in [1.165, 1.54) is 0 Å². The highest BCUT2D eigenvalue weighted by atomic mass is 16.5. The average molecular weight is 289 g/mol. The SMILES string of the molecule is O=C(O)CC1CN(C(=O)c2cnn3ccccc23)CCO1. The highest BCUT2D eigenvalue weighted by Gasteiger charge is 2.27. The monoisotopic (exact) mass is 289 g/mol. The maximum absolute atomic E-state index is 12.6. The van der Waals surface area contributed by atoms with Gasteiger partial charge in [-0.15, -0.1) is 0 Å². The van der Waals surface area contributed by atoms with E-state index in [0.717, 1.165) is 5.52 Å². The fraction of sp³-hybridized carbons (Fsp3) is 0.357. The van der Waals surface area contributed by atoms with Crippen LogP contribution in [0, 0.1) is 0 Å². The number of carbonyl (C=O) groups excluding carboxylic acids is 1. The molecule has 1 unspecified atom stereocenters. The van der Waals surface area contributed by atoms with Crippen molar-refractivity contribution in [2.24, 2.45) is 0 Å². The maximum atomic E-state index is 12.6. The van der Waals surface area contributed by atoms with E-state index in [9.17, 15) is 9.59 Å². The van der Waals surface area contributed by atoms with Crippen LogP contribution in [0.15, 0.2) is 30.6 Å². The lowest BCUT2D eigenvalue weighted by Gasteiger charge is -2.32. The van der Waals surface area contributed by atoms with E-state index in [2.05, 4.69) is 5.10 Å². The minimum atomic E-state index is -0.926. The second-order valence-electron chi connectivity index (χ2n) is 4.93. The summed E-state index contributed by atoms with van der Waals surface area (Å²) in [4.78, 5) is 25.0. The number of morpholine rings is 1. The Bertz CT molecular complexity index is 682. The topological polar surface area (TPSA) is 84.1 Å². The van der Waals surface area contributed by atoms with Gasteiger partial charge in [0.1, 0.15) is 0 Å². The first-order valence-electron chi connectivity index (χ1n) is 6.70. The third kappa shape index (κ3) is 2.73. The molecule has 3 heterocycles. The van der Waals surface area contributed by atoms with Crippen LogP contribution in [-0.2, 0) is 9.53 Å². The summed E-state index contributed by atoms with van der Waals surface area (Å²) in [7, 11) is 0. The second kappa shape index (κ2) is 5.53. The summed E-state index contributed by atoms with van der Waals surface area (Å²) in [5.74, 6) is -1.07. The molecule has 7 heteroatoms. The first-order valence-corrected chi connectivity index (χ1v) is 6.70. The molecule has 0 aromatic carbocycles. The maximum Gasteiger partial charge on any atom is 0.306 e. The van der Waals surface area contributed by atoms with Crippen molar-refractivity contribution >= 4 is 17.4 Å². The molecule has 1 N–H and O–H groups in total. The van der Waals surface area contributed by atoms with Gasteiger partial charge in [0.25, 0.3) is 5.91 Å². The number of aliphatic carboxylic acids is 1. The van der Waals surface area contributed by atoms with Crippen molar-refractivity contribution in [1.82, 2.24) is 14.5 Å². The smallest absolute Gasteiger partial charge is 0.306 e. The fourth-order valence-corrected chi connectivity index (χ4v) is 2.49. The van der Waals surface area contributed by atoms with Crippen LogP contribution in [0.25, 0.3) is 5.52 Å². The Kier molecular flexibility index (Phi) is 3.57. The molecule has 0 spiro atoms. The van der Waals surface area contributed by atoms with E-state index in [1.807, 2.05) is 18.2 Å². The lowest BCUT2D eigenvalue weighted by Crippen LogP contribution is -2.46. The third-order valence-corrected chi connectivity index (χ3v) is 3.49. The summed E-state index contributed by atoms with van der Waals surface area (Å²) < 4.78 is 7.02. The van der Waals surface area contributed by atoms with Crippen LogP contribution >= 0.6 is 0 Å². The highest BCUT2D eigenvalue weighted by Crippen LogP contribution is 2.16. The quantitative estimate of drug-likeness (QED) is 0.897. The molecule has 3 rings (SSSR count). The molecule has 1 fully saturated rings. The van der Waals surface area contributed by atoms with Gasteiger partial charge in [0.15, 0.2) is 0 Å². The molecule has 110 valence electrons. The largest absolute Gasteiger partial charge is 0.481 e. The predicted octanol–water partition coefficient (Wildman–Crippen LogP) is 0.650. The molecule has 1 aliphatic heterocycles. The zero-order chi connectivity index (χ0) is 14.8. The van der Waals surface area contributed by atoms with Gasteiger partial charge in [-0.3, -0.25) is 9.59 Å². The molecular weight excluding hydrogens is 274 g/mol. The van der Waals surface area contributed by atoms with Crippen molar-refractivity contribution in [1.29, 1.82) is 0 Å². The summed E-state index contributed by atoms with van der Waals surface area (Å²) in [5.41, 5.74) is 1.26.